The van der Waals surface area contributed by atoms with Gasteiger partial charge in [0.2, 0.25) is 5.78 Å². The predicted molar refractivity (Wildman–Crippen MR) is 111 cm³/mol. The maximum Gasteiger partial charge on any atom is 0.333 e. The molecule has 3 rings (SSSR count). The minimum atomic E-state index is -0.851. The number of carbonyl (C=O) groups excluding carboxylic acids is 3. The first kappa shape index (κ1) is 22.1. The van der Waals surface area contributed by atoms with E-state index >= 15 is 0 Å². The normalized spacial score (nSPS) is 28.5. The van der Waals surface area contributed by atoms with Crippen molar-refractivity contribution in [2.24, 2.45) is 17.3 Å². The highest BCUT2D eigenvalue weighted by atomic mass is 16.6. The third-order valence-corrected chi connectivity index (χ3v) is 6.64. The molecule has 0 N–H and O–H groups in total. The van der Waals surface area contributed by atoms with Gasteiger partial charge in [-0.1, -0.05) is 39.8 Å². The molecule has 0 radical (unpaired) electrons. The quantitative estimate of drug-likeness (QED) is 0.516. The third kappa shape index (κ3) is 3.32. The number of ether oxygens (including phenoxy) is 2. The molecule has 2 aliphatic rings. The molecule has 0 fully saturated rings. The molecule has 1 aromatic heterocycles. The molecule has 30 heavy (non-hydrogen) atoms. The minimum Gasteiger partial charge on any atom is -0.460 e. The van der Waals surface area contributed by atoms with Crippen LogP contribution in [0.2, 0.25) is 0 Å². The van der Waals surface area contributed by atoms with E-state index in [9.17, 15) is 14.4 Å². The molecule has 0 aliphatic heterocycles. The lowest BCUT2D eigenvalue weighted by atomic mass is 9.57. The summed E-state index contributed by atoms with van der Waals surface area (Å²) >= 11 is 0. The van der Waals surface area contributed by atoms with Gasteiger partial charge in [-0.2, -0.15) is 0 Å². The van der Waals surface area contributed by atoms with Gasteiger partial charge in [-0.15, -0.1) is 0 Å². The first-order chi connectivity index (χ1) is 14.0. The highest BCUT2D eigenvalue weighted by Crippen LogP contribution is 2.58. The maximum atomic E-state index is 13.2. The van der Waals surface area contributed by atoms with Crippen LogP contribution in [0, 0.1) is 24.2 Å². The Morgan fingerprint density at radius 1 is 1.30 bits per heavy atom. The summed E-state index contributed by atoms with van der Waals surface area (Å²) in [5.74, 6) is -1.28. The van der Waals surface area contributed by atoms with Crippen molar-refractivity contribution in [3.05, 3.63) is 46.4 Å². The summed E-state index contributed by atoms with van der Waals surface area (Å²) in [6.45, 7) is 12.7. The number of rotatable bonds is 4. The first-order valence-corrected chi connectivity index (χ1v) is 10.4. The number of hydrogen-bond acceptors (Lipinski definition) is 6. The van der Waals surface area contributed by atoms with Gasteiger partial charge < -0.3 is 13.9 Å². The summed E-state index contributed by atoms with van der Waals surface area (Å²) in [5, 5.41) is 0. The van der Waals surface area contributed by atoms with E-state index in [2.05, 4.69) is 0 Å². The van der Waals surface area contributed by atoms with E-state index in [1.54, 1.807) is 33.8 Å². The van der Waals surface area contributed by atoms with Gasteiger partial charge >= 0.3 is 11.9 Å². The van der Waals surface area contributed by atoms with Crippen molar-refractivity contribution in [3.63, 3.8) is 0 Å². The van der Waals surface area contributed by atoms with Crippen molar-refractivity contribution >= 4 is 17.7 Å². The second-order valence-electron chi connectivity index (χ2n) is 8.80. The van der Waals surface area contributed by atoms with Gasteiger partial charge in [-0.25, -0.2) is 4.79 Å². The van der Waals surface area contributed by atoms with Crippen LogP contribution in [0.3, 0.4) is 0 Å². The van der Waals surface area contributed by atoms with E-state index in [0.29, 0.717) is 23.1 Å². The predicted octanol–water partition coefficient (Wildman–Crippen LogP) is 4.88. The lowest BCUT2D eigenvalue weighted by Crippen LogP contribution is -2.50. The first-order valence-electron chi connectivity index (χ1n) is 10.4. The van der Waals surface area contributed by atoms with E-state index < -0.39 is 17.6 Å². The summed E-state index contributed by atoms with van der Waals surface area (Å²) in [6, 6.07) is 0. The molecule has 6 heteroatoms. The number of aryl methyl sites for hydroxylation is 1. The topological polar surface area (TPSA) is 82.8 Å². The smallest absolute Gasteiger partial charge is 0.333 e. The van der Waals surface area contributed by atoms with E-state index in [4.69, 9.17) is 13.9 Å². The van der Waals surface area contributed by atoms with Crippen LogP contribution in [-0.4, -0.2) is 23.8 Å². The van der Waals surface area contributed by atoms with Crippen LogP contribution in [-0.2, 0) is 19.1 Å². The van der Waals surface area contributed by atoms with Gasteiger partial charge in [0.25, 0.3) is 0 Å². The summed E-state index contributed by atoms with van der Waals surface area (Å²) in [4.78, 5) is 38.2. The molecule has 4 atom stereocenters. The van der Waals surface area contributed by atoms with Crippen molar-refractivity contribution in [2.75, 3.05) is 0 Å². The lowest BCUT2D eigenvalue weighted by molar-refractivity contribution is -0.168. The average Bonchev–Trinajstić information content (AvgIpc) is 3.09. The molecule has 1 heterocycles. The van der Waals surface area contributed by atoms with Crippen LogP contribution in [0.25, 0.3) is 0 Å². The zero-order chi connectivity index (χ0) is 22.4. The molecule has 0 amide bonds. The largest absolute Gasteiger partial charge is 0.460 e. The van der Waals surface area contributed by atoms with Gasteiger partial charge in [-0.05, 0) is 26.3 Å². The number of esters is 2. The highest BCUT2D eigenvalue weighted by molar-refractivity contribution is 6.10. The summed E-state index contributed by atoms with van der Waals surface area (Å²) in [5.41, 5.74) is 1.59. The Hall–Kier alpha value is -2.63. The van der Waals surface area contributed by atoms with Crippen LogP contribution in [0.15, 0.2) is 34.0 Å². The van der Waals surface area contributed by atoms with Gasteiger partial charge in [0.1, 0.15) is 12.2 Å². The minimum absolute atomic E-state index is 0.196. The molecular formula is C24H30O6. The fraction of sp³-hybridized carbons (Fsp3) is 0.542. The summed E-state index contributed by atoms with van der Waals surface area (Å²) in [6.07, 6.45) is 4.31. The van der Waals surface area contributed by atoms with Crippen LogP contribution >= 0.6 is 0 Å². The number of fused-ring (bicyclic) bond motifs is 2. The Kier molecular flexibility index (Phi) is 5.81. The van der Waals surface area contributed by atoms with Crippen molar-refractivity contribution in [1.82, 2.24) is 0 Å². The molecule has 162 valence electrons. The molecule has 1 aromatic rings. The Bertz CT molecular complexity index is 947. The molecule has 0 aromatic carbocycles. The van der Waals surface area contributed by atoms with Crippen molar-refractivity contribution in [2.45, 2.75) is 67.1 Å². The number of furan rings is 1. The van der Waals surface area contributed by atoms with Gasteiger partial charge in [0.15, 0.2) is 5.76 Å². The molecule has 6 nitrogen and oxygen atoms in total. The number of allylic oxidation sites excluding steroid dienone is 1. The van der Waals surface area contributed by atoms with Crippen LogP contribution in [0.5, 0.6) is 0 Å². The Morgan fingerprint density at radius 3 is 2.57 bits per heavy atom. The Labute approximate surface area is 177 Å². The second-order valence-corrected chi connectivity index (χ2v) is 8.80. The van der Waals surface area contributed by atoms with Crippen LogP contribution < -0.4 is 0 Å². The van der Waals surface area contributed by atoms with Gasteiger partial charge in [0.05, 0.1) is 12.2 Å². The Morgan fingerprint density at radius 2 is 1.97 bits per heavy atom. The number of ketones is 1. The van der Waals surface area contributed by atoms with Crippen molar-refractivity contribution in [3.8, 4) is 0 Å². The zero-order valence-corrected chi connectivity index (χ0v) is 18.7. The second kappa shape index (κ2) is 7.89. The van der Waals surface area contributed by atoms with E-state index in [0.717, 1.165) is 5.56 Å². The fourth-order valence-corrected chi connectivity index (χ4v) is 4.32. The van der Waals surface area contributed by atoms with Crippen molar-refractivity contribution < 1.29 is 28.3 Å². The van der Waals surface area contributed by atoms with Crippen LogP contribution in [0.4, 0.5) is 0 Å². The molecule has 2 aliphatic carbocycles. The van der Waals surface area contributed by atoms with Crippen molar-refractivity contribution in [1.29, 1.82) is 0 Å². The van der Waals surface area contributed by atoms with Crippen LogP contribution in [0.1, 0.15) is 75.7 Å². The third-order valence-electron chi connectivity index (χ3n) is 6.64. The van der Waals surface area contributed by atoms with Gasteiger partial charge in [0, 0.05) is 34.5 Å². The van der Waals surface area contributed by atoms with E-state index in [1.165, 1.54) is 6.26 Å². The maximum absolute atomic E-state index is 13.2. The highest BCUT2D eigenvalue weighted by Gasteiger charge is 2.58. The van der Waals surface area contributed by atoms with Gasteiger partial charge in [-0.3, -0.25) is 9.59 Å². The number of carbonyl (C=O) groups is 3. The molecule has 0 saturated carbocycles. The summed E-state index contributed by atoms with van der Waals surface area (Å²) in [7, 11) is 0. The average molecular weight is 414 g/mol. The SMILES string of the molecule is C/C=C(/C)C(=O)O[C@H]1CC=C2C(=O)c3occ(C)c3[C@@H](OC(=O)C(C)C)[C@]2(C)[C@H]1C. The van der Waals surface area contributed by atoms with E-state index in [-0.39, 0.29) is 35.3 Å². The monoisotopic (exact) mass is 414 g/mol. The lowest BCUT2D eigenvalue weighted by Gasteiger charge is -2.49. The molecule has 0 unspecified atom stereocenters. The molecule has 0 spiro atoms. The number of hydrogen-bond donors (Lipinski definition) is 0. The fourth-order valence-electron chi connectivity index (χ4n) is 4.32. The standard InChI is InChI=1S/C24H30O6/c1-8-13(4)23(27)29-17-10-9-16-19(25)20-18(14(5)11-28-20)21(24(16,7)15(17)6)30-22(26)12(2)3/h8-9,11-12,15,17,21H,10H2,1-7H3/b13-8-/t15-,17-,21+,24+/m0/s1. The Balaban J connectivity index is 2.09. The number of Topliss-reactive ketones (excluding diaryl/α,β-unsaturated/α-hetero) is 1. The van der Waals surface area contributed by atoms with E-state index in [1.807, 2.05) is 26.8 Å². The summed E-state index contributed by atoms with van der Waals surface area (Å²) < 4.78 is 17.3. The molecule has 0 bridgehead atoms. The molecular weight excluding hydrogens is 384 g/mol. The zero-order valence-electron chi connectivity index (χ0n) is 18.7. The molecule has 0 saturated heterocycles.